The second kappa shape index (κ2) is 7.85. The van der Waals surface area contributed by atoms with Gasteiger partial charge in [0.2, 0.25) is 0 Å². The number of rotatable bonds is 3. The molecule has 2 aromatic rings. The Morgan fingerprint density at radius 1 is 1.17 bits per heavy atom. The van der Waals surface area contributed by atoms with E-state index in [1.54, 1.807) is 0 Å². The number of carbonyl (C=O) groups is 1. The van der Waals surface area contributed by atoms with Crippen molar-refractivity contribution in [2.24, 2.45) is 0 Å². The molecular weight excluding hydrogens is 378 g/mol. The summed E-state index contributed by atoms with van der Waals surface area (Å²) in [6.07, 6.45) is 5.86. The molecular formula is C23H33N5O2. The minimum atomic E-state index is -0.0329. The molecule has 0 radical (unpaired) electrons. The van der Waals surface area contributed by atoms with Gasteiger partial charge in [0.05, 0.1) is 5.56 Å². The Bertz CT molecular complexity index is 903. The number of amides is 1. The second-order valence-corrected chi connectivity index (χ2v) is 9.46. The van der Waals surface area contributed by atoms with E-state index in [1.807, 2.05) is 18.2 Å². The fourth-order valence-electron chi connectivity index (χ4n) is 5.74. The summed E-state index contributed by atoms with van der Waals surface area (Å²) >= 11 is 0. The van der Waals surface area contributed by atoms with Crippen molar-refractivity contribution < 1.29 is 9.21 Å². The maximum absolute atomic E-state index is 13.2. The predicted molar refractivity (Wildman–Crippen MR) is 118 cm³/mol. The first kappa shape index (κ1) is 19.8. The fraction of sp³-hybridized carbons (Fsp3) is 0.652. The maximum Gasteiger partial charge on any atom is 0.298 e. The van der Waals surface area contributed by atoms with Crippen molar-refractivity contribution in [1.82, 2.24) is 20.5 Å². The summed E-state index contributed by atoms with van der Waals surface area (Å²) in [7, 11) is 2.24. The lowest BCUT2D eigenvalue weighted by Gasteiger charge is -2.47. The largest absolute Gasteiger partial charge is 0.423 e. The van der Waals surface area contributed by atoms with Crippen LogP contribution in [0.2, 0.25) is 0 Å². The monoisotopic (exact) mass is 411 g/mol. The lowest BCUT2D eigenvalue weighted by molar-refractivity contribution is 0.0463. The Balaban J connectivity index is 1.38. The van der Waals surface area contributed by atoms with Crippen LogP contribution in [0.4, 0.5) is 6.01 Å². The molecule has 0 spiro atoms. The van der Waals surface area contributed by atoms with Gasteiger partial charge in [0, 0.05) is 43.3 Å². The third kappa shape index (κ3) is 3.48. The van der Waals surface area contributed by atoms with E-state index in [-0.39, 0.29) is 24.0 Å². The standard InChI is InChI=1S/C23H33N5O2/c1-14-12-24-13-15(2)28(14)23-26-21-19(8-5-9-20(21)30-23)22(29)25-16-10-17-6-4-7-18(11-16)27(17)3/h5,8-9,14-18,24H,4,6-7,10-13H2,1-3H3,(H,25,29)/t14-,15-,17-,18-/m1/s1. The summed E-state index contributed by atoms with van der Waals surface area (Å²) in [6, 6.07) is 8.26. The molecule has 7 nitrogen and oxygen atoms in total. The first-order chi connectivity index (χ1) is 14.5. The van der Waals surface area contributed by atoms with E-state index in [9.17, 15) is 4.79 Å². The summed E-state index contributed by atoms with van der Waals surface area (Å²) in [5.74, 6) is -0.0329. The number of carbonyl (C=O) groups excluding carboxylic acids is 1. The molecule has 1 aromatic carbocycles. The van der Waals surface area contributed by atoms with Gasteiger partial charge in [-0.15, -0.1) is 0 Å². The van der Waals surface area contributed by atoms with E-state index in [2.05, 4.69) is 41.3 Å². The van der Waals surface area contributed by atoms with Crippen LogP contribution in [0.25, 0.3) is 11.1 Å². The lowest BCUT2D eigenvalue weighted by Crippen LogP contribution is -2.55. The molecule has 3 aliphatic heterocycles. The molecule has 3 saturated heterocycles. The highest BCUT2D eigenvalue weighted by atomic mass is 16.4. The van der Waals surface area contributed by atoms with Gasteiger partial charge in [-0.1, -0.05) is 12.5 Å². The van der Waals surface area contributed by atoms with Crippen molar-refractivity contribution in [1.29, 1.82) is 0 Å². The van der Waals surface area contributed by atoms with Gasteiger partial charge in [-0.05, 0) is 58.7 Å². The van der Waals surface area contributed by atoms with Crippen LogP contribution in [0.1, 0.15) is 56.3 Å². The van der Waals surface area contributed by atoms with Crippen molar-refractivity contribution in [3.05, 3.63) is 23.8 Å². The molecule has 30 heavy (non-hydrogen) atoms. The van der Waals surface area contributed by atoms with Crippen LogP contribution in [0.5, 0.6) is 0 Å². The number of piperidine rings is 2. The highest BCUT2D eigenvalue weighted by Crippen LogP contribution is 2.33. The van der Waals surface area contributed by atoms with Crippen LogP contribution in [0.3, 0.4) is 0 Å². The number of nitrogens with zero attached hydrogens (tertiary/aromatic N) is 3. The van der Waals surface area contributed by atoms with Gasteiger partial charge >= 0.3 is 0 Å². The topological polar surface area (TPSA) is 73.6 Å². The molecule has 0 unspecified atom stereocenters. The Labute approximate surface area is 178 Å². The molecule has 1 amide bonds. The van der Waals surface area contributed by atoms with Crippen molar-refractivity contribution in [3.8, 4) is 0 Å². The summed E-state index contributed by atoms with van der Waals surface area (Å²) < 4.78 is 6.10. The molecule has 2 bridgehead atoms. The van der Waals surface area contributed by atoms with Gasteiger partial charge in [-0.25, -0.2) is 0 Å². The number of piperazine rings is 1. The zero-order valence-corrected chi connectivity index (χ0v) is 18.2. The number of hydrogen-bond acceptors (Lipinski definition) is 6. The summed E-state index contributed by atoms with van der Waals surface area (Å²) in [6.45, 7) is 6.13. The average Bonchev–Trinajstić information content (AvgIpc) is 3.12. The third-order valence-corrected chi connectivity index (χ3v) is 7.38. The van der Waals surface area contributed by atoms with E-state index in [0.717, 1.165) is 25.9 Å². The molecule has 2 N–H and O–H groups in total. The van der Waals surface area contributed by atoms with E-state index in [4.69, 9.17) is 9.40 Å². The van der Waals surface area contributed by atoms with Gasteiger partial charge < -0.3 is 24.9 Å². The normalized spacial score (nSPS) is 32.4. The highest BCUT2D eigenvalue weighted by molar-refractivity contribution is 6.04. The number of benzene rings is 1. The molecule has 0 aliphatic carbocycles. The predicted octanol–water partition coefficient (Wildman–Crippen LogP) is 2.76. The molecule has 4 heterocycles. The number of fused-ring (bicyclic) bond motifs is 3. The van der Waals surface area contributed by atoms with Crippen LogP contribution >= 0.6 is 0 Å². The number of anilines is 1. The first-order valence-corrected chi connectivity index (χ1v) is 11.4. The Morgan fingerprint density at radius 2 is 1.87 bits per heavy atom. The van der Waals surface area contributed by atoms with E-state index in [1.165, 1.54) is 19.3 Å². The van der Waals surface area contributed by atoms with E-state index in [0.29, 0.717) is 34.8 Å². The minimum absolute atomic E-state index is 0.0329. The molecule has 3 aliphatic rings. The van der Waals surface area contributed by atoms with E-state index >= 15 is 0 Å². The van der Waals surface area contributed by atoms with Crippen molar-refractivity contribution >= 4 is 23.0 Å². The number of hydrogen-bond donors (Lipinski definition) is 2. The third-order valence-electron chi connectivity index (χ3n) is 7.38. The lowest BCUT2D eigenvalue weighted by atomic mass is 9.82. The van der Waals surface area contributed by atoms with Gasteiger partial charge in [0.15, 0.2) is 5.58 Å². The Kier molecular flexibility index (Phi) is 5.19. The smallest absolute Gasteiger partial charge is 0.298 e. The molecule has 0 saturated carbocycles. The zero-order chi connectivity index (χ0) is 20.8. The highest BCUT2D eigenvalue weighted by Gasteiger charge is 2.37. The van der Waals surface area contributed by atoms with Crippen molar-refractivity contribution in [2.45, 2.75) is 76.2 Å². The Morgan fingerprint density at radius 3 is 2.57 bits per heavy atom. The fourth-order valence-corrected chi connectivity index (χ4v) is 5.74. The van der Waals surface area contributed by atoms with Crippen LogP contribution in [0, 0.1) is 0 Å². The minimum Gasteiger partial charge on any atom is -0.423 e. The molecule has 4 atom stereocenters. The van der Waals surface area contributed by atoms with Crippen LogP contribution in [-0.4, -0.2) is 66.1 Å². The maximum atomic E-state index is 13.2. The molecule has 7 heteroatoms. The second-order valence-electron chi connectivity index (χ2n) is 9.46. The van der Waals surface area contributed by atoms with Gasteiger partial charge in [-0.2, -0.15) is 4.98 Å². The van der Waals surface area contributed by atoms with Crippen LogP contribution in [0.15, 0.2) is 22.6 Å². The number of aromatic nitrogens is 1. The average molecular weight is 412 g/mol. The van der Waals surface area contributed by atoms with Gasteiger partial charge in [0.25, 0.3) is 11.9 Å². The zero-order valence-electron chi connectivity index (χ0n) is 18.2. The number of para-hydroxylation sites is 1. The van der Waals surface area contributed by atoms with Crippen LogP contribution < -0.4 is 15.5 Å². The molecule has 162 valence electrons. The van der Waals surface area contributed by atoms with Gasteiger partial charge in [-0.3, -0.25) is 4.79 Å². The SMILES string of the molecule is C[C@@H]1CNC[C@@H](C)N1c1nc2c(C(=O)NC3C[C@H]4CCC[C@H](C3)N4C)cccc2o1. The quantitative estimate of drug-likeness (QED) is 0.809. The first-order valence-electron chi connectivity index (χ1n) is 11.4. The van der Waals surface area contributed by atoms with Gasteiger partial charge in [0.1, 0.15) is 5.52 Å². The van der Waals surface area contributed by atoms with Crippen molar-refractivity contribution in [3.63, 3.8) is 0 Å². The van der Waals surface area contributed by atoms with Crippen molar-refractivity contribution in [2.75, 3.05) is 25.0 Å². The van der Waals surface area contributed by atoms with Crippen LogP contribution in [-0.2, 0) is 0 Å². The number of oxazole rings is 1. The number of nitrogens with one attached hydrogen (secondary N) is 2. The summed E-state index contributed by atoms with van der Waals surface area (Å²) in [5, 5.41) is 6.75. The molecule has 5 rings (SSSR count). The summed E-state index contributed by atoms with van der Waals surface area (Å²) in [4.78, 5) is 22.7. The Hall–Kier alpha value is -2.12. The molecule has 1 aromatic heterocycles. The molecule has 3 fully saturated rings. The summed E-state index contributed by atoms with van der Waals surface area (Å²) in [5.41, 5.74) is 1.95. The van der Waals surface area contributed by atoms with E-state index < -0.39 is 0 Å².